The van der Waals surface area contributed by atoms with Crippen LogP contribution in [0.1, 0.15) is 40.4 Å². The van der Waals surface area contributed by atoms with Crippen molar-refractivity contribution in [3.8, 4) is 5.75 Å². The lowest BCUT2D eigenvalue weighted by Crippen LogP contribution is -2.33. The first-order valence-electron chi connectivity index (χ1n) is 12.6. The summed E-state index contributed by atoms with van der Waals surface area (Å²) in [5.74, 6) is -0.300. The zero-order valence-corrected chi connectivity index (χ0v) is 20.7. The predicted molar refractivity (Wildman–Crippen MR) is 144 cm³/mol. The highest BCUT2D eigenvalue weighted by atomic mass is 16.6. The van der Waals surface area contributed by atoms with Crippen LogP contribution >= 0.6 is 0 Å². The normalized spacial score (nSPS) is 18.0. The van der Waals surface area contributed by atoms with Crippen LogP contribution in [0.3, 0.4) is 0 Å². The van der Waals surface area contributed by atoms with Gasteiger partial charge in [0.15, 0.2) is 0 Å². The number of rotatable bonds is 7. The average Bonchev–Trinajstić information content (AvgIpc) is 3.37. The molecule has 1 saturated heterocycles. The molecule has 1 aliphatic heterocycles. The smallest absolute Gasteiger partial charge is 0.415 e. The molecule has 0 saturated carbocycles. The van der Waals surface area contributed by atoms with E-state index in [2.05, 4.69) is 66.8 Å². The summed E-state index contributed by atoms with van der Waals surface area (Å²) in [4.78, 5) is 25.9. The highest BCUT2D eigenvalue weighted by Crippen LogP contribution is 2.34. The van der Waals surface area contributed by atoms with Gasteiger partial charge in [-0.3, -0.25) is 0 Å². The average molecular weight is 495 g/mol. The highest BCUT2D eigenvalue weighted by molar-refractivity contribution is 5.88. The molecule has 188 valence electrons. The second-order valence-electron chi connectivity index (χ2n) is 9.58. The van der Waals surface area contributed by atoms with Gasteiger partial charge in [0.05, 0.1) is 5.56 Å². The van der Waals surface area contributed by atoms with Gasteiger partial charge in [0.1, 0.15) is 5.75 Å². The number of hydrogen-bond acceptors (Lipinski definition) is 4. The van der Waals surface area contributed by atoms with E-state index in [1.54, 1.807) is 4.90 Å². The first-order chi connectivity index (χ1) is 18.0. The molecule has 1 fully saturated rings. The lowest BCUT2D eigenvalue weighted by molar-refractivity contribution is 0.0697. The third kappa shape index (κ3) is 5.49. The van der Waals surface area contributed by atoms with Crippen molar-refractivity contribution >= 4 is 22.8 Å². The summed E-state index contributed by atoms with van der Waals surface area (Å²) in [6, 6.07) is 31.1. The molecule has 1 heterocycles. The SMILES string of the molecule is C[C@@H](NC[C@H]1CN(C(=O)Oc2ccc(C(=O)O)cc2)C[C@@H]1c1ccccc1)c1cccc2ccccc12. The second-order valence-corrected chi connectivity index (χ2v) is 9.58. The molecule has 0 aromatic heterocycles. The number of aromatic carboxylic acids is 1. The number of carbonyl (C=O) groups is 2. The van der Waals surface area contributed by atoms with E-state index in [4.69, 9.17) is 9.84 Å². The Morgan fingerprint density at radius 3 is 2.38 bits per heavy atom. The van der Waals surface area contributed by atoms with Crippen molar-refractivity contribution in [2.24, 2.45) is 5.92 Å². The summed E-state index contributed by atoms with van der Waals surface area (Å²) in [7, 11) is 0. The number of nitrogens with zero attached hydrogens (tertiary/aromatic N) is 1. The number of likely N-dealkylation sites (tertiary alicyclic amines) is 1. The molecular formula is C31H30N2O4. The Bertz CT molecular complexity index is 1380. The van der Waals surface area contributed by atoms with Crippen molar-refractivity contribution < 1.29 is 19.4 Å². The molecule has 0 bridgehead atoms. The standard InChI is InChI=1S/C31H30N2O4/c1-21(27-13-7-11-22-10-5-6-12-28(22)27)32-18-25-19-33(20-29(25)23-8-3-2-4-9-23)31(36)37-26-16-14-24(15-17-26)30(34)35/h2-17,21,25,29,32H,18-20H2,1H3,(H,34,35)/t21-,25+,29-/m1/s1. The van der Waals surface area contributed by atoms with Gasteiger partial charge < -0.3 is 20.1 Å². The van der Waals surface area contributed by atoms with E-state index in [0.717, 1.165) is 6.54 Å². The Kier molecular flexibility index (Phi) is 7.19. The number of nitrogens with one attached hydrogen (secondary N) is 1. The van der Waals surface area contributed by atoms with Crippen molar-refractivity contribution in [2.45, 2.75) is 18.9 Å². The monoisotopic (exact) mass is 494 g/mol. The number of amides is 1. The zero-order valence-electron chi connectivity index (χ0n) is 20.7. The Morgan fingerprint density at radius 1 is 0.919 bits per heavy atom. The molecule has 6 heteroatoms. The number of hydrogen-bond donors (Lipinski definition) is 2. The van der Waals surface area contributed by atoms with Crippen LogP contribution in [-0.4, -0.2) is 41.7 Å². The molecule has 5 rings (SSSR count). The van der Waals surface area contributed by atoms with E-state index in [0.29, 0.717) is 18.8 Å². The van der Waals surface area contributed by atoms with Crippen molar-refractivity contribution in [1.29, 1.82) is 0 Å². The Hall–Kier alpha value is -4.16. The van der Waals surface area contributed by atoms with Gasteiger partial charge in [0.2, 0.25) is 0 Å². The van der Waals surface area contributed by atoms with Gasteiger partial charge in [0.25, 0.3) is 0 Å². The number of carbonyl (C=O) groups excluding carboxylic acids is 1. The molecule has 3 atom stereocenters. The minimum absolute atomic E-state index is 0.149. The molecule has 1 amide bonds. The van der Waals surface area contributed by atoms with Crippen LogP contribution in [0.2, 0.25) is 0 Å². The minimum atomic E-state index is -1.02. The van der Waals surface area contributed by atoms with Crippen LogP contribution in [0.5, 0.6) is 5.75 Å². The van der Waals surface area contributed by atoms with E-state index in [-0.39, 0.29) is 23.4 Å². The molecule has 37 heavy (non-hydrogen) atoms. The summed E-state index contributed by atoms with van der Waals surface area (Å²) in [5, 5.41) is 15.3. The van der Waals surface area contributed by atoms with Gasteiger partial charge in [-0.25, -0.2) is 9.59 Å². The van der Waals surface area contributed by atoms with Gasteiger partial charge in [0, 0.05) is 31.6 Å². The summed E-state index contributed by atoms with van der Waals surface area (Å²) < 4.78 is 5.58. The molecule has 0 spiro atoms. The Morgan fingerprint density at radius 2 is 1.62 bits per heavy atom. The number of ether oxygens (including phenoxy) is 1. The van der Waals surface area contributed by atoms with Crippen LogP contribution in [-0.2, 0) is 0 Å². The van der Waals surface area contributed by atoms with Crippen LogP contribution < -0.4 is 10.1 Å². The maximum Gasteiger partial charge on any atom is 0.415 e. The third-order valence-electron chi connectivity index (χ3n) is 7.21. The second kappa shape index (κ2) is 10.8. The molecule has 1 aliphatic rings. The minimum Gasteiger partial charge on any atom is -0.478 e. The van der Waals surface area contributed by atoms with Crippen molar-refractivity contribution in [1.82, 2.24) is 10.2 Å². The van der Waals surface area contributed by atoms with Gasteiger partial charge in [-0.15, -0.1) is 0 Å². The lowest BCUT2D eigenvalue weighted by Gasteiger charge is -2.23. The number of carboxylic acids is 1. The van der Waals surface area contributed by atoms with Gasteiger partial charge in [-0.1, -0.05) is 72.8 Å². The van der Waals surface area contributed by atoms with Crippen LogP contribution in [0, 0.1) is 5.92 Å². The zero-order chi connectivity index (χ0) is 25.8. The lowest BCUT2D eigenvalue weighted by atomic mass is 9.88. The van der Waals surface area contributed by atoms with Crippen molar-refractivity contribution in [3.05, 3.63) is 114 Å². The quantitative estimate of drug-likeness (QED) is 0.324. The fourth-order valence-electron chi connectivity index (χ4n) is 5.20. The molecule has 0 unspecified atom stereocenters. The number of carboxylic acid groups (broad SMARTS) is 1. The third-order valence-corrected chi connectivity index (χ3v) is 7.21. The summed E-state index contributed by atoms with van der Waals surface area (Å²) in [6.45, 7) is 4.06. The van der Waals surface area contributed by atoms with Crippen LogP contribution in [0.25, 0.3) is 10.8 Å². The molecule has 6 nitrogen and oxygen atoms in total. The molecule has 2 N–H and O–H groups in total. The van der Waals surface area contributed by atoms with Gasteiger partial charge >= 0.3 is 12.1 Å². The topological polar surface area (TPSA) is 78.9 Å². The van der Waals surface area contributed by atoms with Gasteiger partial charge in [-0.2, -0.15) is 0 Å². The molecule has 4 aromatic carbocycles. The fourth-order valence-corrected chi connectivity index (χ4v) is 5.20. The largest absolute Gasteiger partial charge is 0.478 e. The number of benzene rings is 4. The van der Waals surface area contributed by atoms with Crippen LogP contribution in [0.15, 0.2) is 97.1 Å². The Balaban J connectivity index is 1.29. The molecule has 0 radical (unpaired) electrons. The number of fused-ring (bicyclic) bond motifs is 1. The van der Waals surface area contributed by atoms with Gasteiger partial charge in [-0.05, 0) is 59.0 Å². The Labute approximate surface area is 216 Å². The summed E-state index contributed by atoms with van der Waals surface area (Å²) in [5.41, 5.74) is 2.61. The first kappa shape index (κ1) is 24.5. The molecular weight excluding hydrogens is 464 g/mol. The van der Waals surface area contributed by atoms with E-state index in [9.17, 15) is 9.59 Å². The van der Waals surface area contributed by atoms with E-state index >= 15 is 0 Å². The molecule has 0 aliphatic carbocycles. The summed E-state index contributed by atoms with van der Waals surface area (Å²) >= 11 is 0. The van der Waals surface area contributed by atoms with Crippen molar-refractivity contribution in [3.63, 3.8) is 0 Å². The highest BCUT2D eigenvalue weighted by Gasteiger charge is 2.37. The maximum absolute atomic E-state index is 13.0. The van der Waals surface area contributed by atoms with Crippen LogP contribution in [0.4, 0.5) is 4.79 Å². The summed E-state index contributed by atoms with van der Waals surface area (Å²) in [6.07, 6.45) is -0.423. The first-order valence-corrected chi connectivity index (χ1v) is 12.6. The fraction of sp³-hybridized carbons (Fsp3) is 0.226. The van der Waals surface area contributed by atoms with E-state index in [1.807, 2.05) is 18.2 Å². The molecule has 4 aromatic rings. The van der Waals surface area contributed by atoms with E-state index in [1.165, 1.54) is 46.2 Å². The van der Waals surface area contributed by atoms with Crippen molar-refractivity contribution in [2.75, 3.05) is 19.6 Å². The predicted octanol–water partition coefficient (Wildman–Crippen LogP) is 6.10. The van der Waals surface area contributed by atoms with E-state index < -0.39 is 12.1 Å². The maximum atomic E-state index is 13.0.